The molecule has 0 aliphatic rings. The van der Waals surface area contributed by atoms with Crippen molar-refractivity contribution < 1.29 is 18.3 Å². The molecule has 0 saturated carbocycles. The van der Waals surface area contributed by atoms with Crippen molar-refractivity contribution in [2.24, 2.45) is 0 Å². The molecule has 2 N–H and O–H groups in total. The summed E-state index contributed by atoms with van der Waals surface area (Å²) in [6, 6.07) is 5.92. The largest absolute Gasteiger partial charge is 0.418 e. The van der Waals surface area contributed by atoms with Crippen molar-refractivity contribution in [1.82, 2.24) is 4.98 Å². The van der Waals surface area contributed by atoms with Gasteiger partial charge in [0.1, 0.15) is 0 Å². The standard InChI is InChI=1S/C10H8F3NO/c11-10(12,13)9(15)7-2-1-3-8-6(7)4-5-14-8/h1-5,9,14-15H/t9-/m0/s1. The molecule has 0 saturated heterocycles. The van der Waals surface area contributed by atoms with Crippen LogP contribution in [0.3, 0.4) is 0 Å². The van der Waals surface area contributed by atoms with Crippen molar-refractivity contribution in [3.63, 3.8) is 0 Å². The molecular weight excluding hydrogens is 207 g/mol. The van der Waals surface area contributed by atoms with E-state index in [2.05, 4.69) is 4.98 Å². The Morgan fingerprint density at radius 3 is 2.60 bits per heavy atom. The summed E-state index contributed by atoms with van der Waals surface area (Å²) in [5.41, 5.74) is 0.456. The van der Waals surface area contributed by atoms with Gasteiger partial charge in [-0.15, -0.1) is 0 Å². The predicted octanol–water partition coefficient (Wildman–Crippen LogP) is 2.76. The van der Waals surface area contributed by atoms with Gasteiger partial charge >= 0.3 is 6.18 Å². The average molecular weight is 215 g/mol. The minimum absolute atomic E-state index is 0.124. The number of alkyl halides is 3. The van der Waals surface area contributed by atoms with E-state index in [1.54, 1.807) is 6.07 Å². The minimum Gasteiger partial charge on any atom is -0.379 e. The van der Waals surface area contributed by atoms with E-state index in [1.807, 2.05) is 0 Å². The number of nitrogens with one attached hydrogen (secondary N) is 1. The molecule has 15 heavy (non-hydrogen) atoms. The Bertz CT molecular complexity index is 475. The van der Waals surface area contributed by atoms with Crippen LogP contribution in [-0.2, 0) is 0 Å². The number of hydrogen-bond acceptors (Lipinski definition) is 1. The Hall–Kier alpha value is -1.49. The molecule has 0 unspecified atom stereocenters. The maximum atomic E-state index is 12.3. The molecule has 80 valence electrons. The van der Waals surface area contributed by atoms with E-state index >= 15 is 0 Å². The second-order valence-corrected chi connectivity index (χ2v) is 3.23. The monoisotopic (exact) mass is 215 g/mol. The molecule has 0 spiro atoms. The third-order valence-corrected chi connectivity index (χ3v) is 2.23. The fraction of sp³-hybridized carbons (Fsp3) is 0.200. The number of rotatable bonds is 1. The second-order valence-electron chi connectivity index (χ2n) is 3.23. The van der Waals surface area contributed by atoms with Gasteiger partial charge in [0.2, 0.25) is 0 Å². The summed E-state index contributed by atoms with van der Waals surface area (Å²) in [7, 11) is 0. The molecule has 1 aromatic carbocycles. The first-order valence-corrected chi connectivity index (χ1v) is 4.31. The lowest BCUT2D eigenvalue weighted by atomic mass is 10.0. The van der Waals surface area contributed by atoms with Crippen molar-refractivity contribution in [2.45, 2.75) is 12.3 Å². The van der Waals surface area contributed by atoms with Crippen LogP contribution in [0.25, 0.3) is 10.9 Å². The number of aliphatic hydroxyl groups excluding tert-OH is 1. The maximum absolute atomic E-state index is 12.3. The summed E-state index contributed by atoms with van der Waals surface area (Å²) in [5, 5.41) is 9.53. The van der Waals surface area contributed by atoms with Gasteiger partial charge in [0.25, 0.3) is 0 Å². The highest BCUT2D eigenvalue weighted by Crippen LogP contribution is 2.35. The van der Waals surface area contributed by atoms with Gasteiger partial charge in [-0.1, -0.05) is 12.1 Å². The summed E-state index contributed by atoms with van der Waals surface area (Å²) in [5.74, 6) is 0. The van der Waals surface area contributed by atoms with Crippen LogP contribution in [0.1, 0.15) is 11.7 Å². The molecule has 0 amide bonds. The van der Waals surface area contributed by atoms with Crippen molar-refractivity contribution in [3.05, 3.63) is 36.0 Å². The number of benzene rings is 1. The topological polar surface area (TPSA) is 36.0 Å². The molecule has 1 heterocycles. The Morgan fingerprint density at radius 2 is 1.93 bits per heavy atom. The van der Waals surface area contributed by atoms with Crippen molar-refractivity contribution >= 4 is 10.9 Å². The quantitative estimate of drug-likeness (QED) is 0.753. The van der Waals surface area contributed by atoms with Crippen LogP contribution in [-0.4, -0.2) is 16.3 Å². The Balaban J connectivity index is 2.56. The number of H-pyrrole nitrogens is 1. The van der Waals surface area contributed by atoms with Crippen molar-refractivity contribution in [1.29, 1.82) is 0 Å². The normalized spacial score (nSPS) is 14.4. The Morgan fingerprint density at radius 1 is 1.20 bits per heavy atom. The smallest absolute Gasteiger partial charge is 0.379 e. The van der Waals surface area contributed by atoms with Crippen molar-refractivity contribution in [2.75, 3.05) is 0 Å². The van der Waals surface area contributed by atoms with Crippen molar-refractivity contribution in [3.8, 4) is 0 Å². The van der Waals surface area contributed by atoms with Crippen LogP contribution in [0.5, 0.6) is 0 Å². The Kier molecular flexibility index (Phi) is 2.19. The molecule has 2 rings (SSSR count). The molecule has 5 heteroatoms. The fourth-order valence-corrected chi connectivity index (χ4v) is 1.52. The van der Waals surface area contributed by atoms with Gasteiger partial charge in [0.15, 0.2) is 6.10 Å². The molecule has 1 atom stereocenters. The summed E-state index contributed by atoms with van der Waals surface area (Å²) in [4.78, 5) is 2.79. The molecule has 0 bridgehead atoms. The van der Waals surface area contributed by atoms with E-state index in [4.69, 9.17) is 5.11 Å². The number of aliphatic hydroxyl groups is 1. The van der Waals surface area contributed by atoms with Crippen LogP contribution in [0.15, 0.2) is 30.5 Å². The SMILES string of the molecule is O[C@@H](c1cccc2[nH]ccc12)C(F)(F)F. The highest BCUT2D eigenvalue weighted by Gasteiger charge is 2.40. The lowest BCUT2D eigenvalue weighted by Crippen LogP contribution is -2.20. The molecule has 0 fully saturated rings. The number of hydrogen-bond donors (Lipinski definition) is 2. The van der Waals surface area contributed by atoms with E-state index in [1.165, 1.54) is 24.4 Å². The van der Waals surface area contributed by atoms with Gasteiger partial charge in [-0.3, -0.25) is 0 Å². The summed E-state index contributed by atoms with van der Waals surface area (Å²) in [6.45, 7) is 0. The number of fused-ring (bicyclic) bond motifs is 1. The zero-order valence-corrected chi connectivity index (χ0v) is 7.55. The van der Waals surface area contributed by atoms with Gasteiger partial charge < -0.3 is 10.1 Å². The van der Waals surface area contributed by atoms with Crippen LogP contribution in [0.2, 0.25) is 0 Å². The second kappa shape index (κ2) is 3.27. The summed E-state index contributed by atoms with van der Waals surface area (Å²) < 4.78 is 36.9. The lowest BCUT2D eigenvalue weighted by molar-refractivity contribution is -0.206. The average Bonchev–Trinajstić information content (AvgIpc) is 2.62. The van der Waals surface area contributed by atoms with E-state index in [0.29, 0.717) is 10.9 Å². The number of halogens is 3. The van der Waals surface area contributed by atoms with Gasteiger partial charge in [0, 0.05) is 17.1 Å². The molecule has 0 aliphatic heterocycles. The third-order valence-electron chi connectivity index (χ3n) is 2.23. The van der Waals surface area contributed by atoms with E-state index in [9.17, 15) is 13.2 Å². The van der Waals surface area contributed by atoms with Gasteiger partial charge in [-0.25, -0.2) is 0 Å². The van der Waals surface area contributed by atoms with E-state index in [-0.39, 0.29) is 5.56 Å². The third kappa shape index (κ3) is 1.70. The lowest BCUT2D eigenvalue weighted by Gasteiger charge is -2.15. The van der Waals surface area contributed by atoms with Gasteiger partial charge in [-0.05, 0) is 17.7 Å². The summed E-state index contributed by atoms with van der Waals surface area (Å²) >= 11 is 0. The van der Waals surface area contributed by atoms with Gasteiger partial charge in [0.05, 0.1) is 0 Å². The Labute approximate surface area is 83.3 Å². The zero-order valence-electron chi connectivity index (χ0n) is 7.55. The highest BCUT2D eigenvalue weighted by molar-refractivity contribution is 5.83. The van der Waals surface area contributed by atoms with E-state index in [0.717, 1.165) is 0 Å². The van der Waals surface area contributed by atoms with Gasteiger partial charge in [-0.2, -0.15) is 13.2 Å². The maximum Gasteiger partial charge on any atom is 0.418 e. The first-order valence-electron chi connectivity index (χ1n) is 4.31. The first-order chi connectivity index (χ1) is 7.00. The number of aromatic amines is 1. The molecule has 0 aliphatic carbocycles. The predicted molar refractivity (Wildman–Crippen MR) is 49.3 cm³/mol. The molecule has 2 nitrogen and oxygen atoms in total. The first kappa shape index (κ1) is 10.0. The fourth-order valence-electron chi connectivity index (χ4n) is 1.52. The summed E-state index contributed by atoms with van der Waals surface area (Å²) in [6.07, 6.45) is -5.53. The molecule has 0 radical (unpaired) electrons. The van der Waals surface area contributed by atoms with Crippen LogP contribution in [0, 0.1) is 0 Å². The number of aromatic nitrogens is 1. The molecular formula is C10H8F3NO. The van der Waals surface area contributed by atoms with Crippen LogP contribution >= 0.6 is 0 Å². The molecule has 2 aromatic rings. The van der Waals surface area contributed by atoms with Crippen LogP contribution in [0.4, 0.5) is 13.2 Å². The van der Waals surface area contributed by atoms with E-state index < -0.39 is 12.3 Å². The zero-order chi connectivity index (χ0) is 11.1. The molecule has 1 aromatic heterocycles. The highest BCUT2D eigenvalue weighted by atomic mass is 19.4. The van der Waals surface area contributed by atoms with Crippen LogP contribution < -0.4 is 0 Å². The minimum atomic E-state index is -4.63.